The molecule has 0 aliphatic heterocycles. The van der Waals surface area contributed by atoms with E-state index in [2.05, 4.69) is 39.9 Å². The molecule has 1 rings (SSSR count). The molecule has 0 saturated heterocycles. The Morgan fingerprint density at radius 1 is 1.28 bits per heavy atom. The average molecular weight is 269 g/mol. The summed E-state index contributed by atoms with van der Waals surface area (Å²) in [6, 6.07) is 5.08. The van der Waals surface area contributed by atoms with Gasteiger partial charge in [-0.3, -0.25) is 0 Å². The average Bonchev–Trinajstić information content (AvgIpc) is 2.23. The first-order valence-corrected chi connectivity index (χ1v) is 7.43. The standard InChI is InChI=1S/C15H24FNS/c1-11(2)10-18-14-7-6-13(16)8-12(14)9-17-15(3,4)5/h6-8,11,17H,9-10H2,1-5H3. The predicted octanol–water partition coefficient (Wildman–Crippen LogP) is 4.46. The fourth-order valence-electron chi connectivity index (χ4n) is 1.44. The van der Waals surface area contributed by atoms with Crippen LogP contribution in [-0.4, -0.2) is 11.3 Å². The highest BCUT2D eigenvalue weighted by atomic mass is 32.2. The number of halogens is 1. The van der Waals surface area contributed by atoms with Crippen molar-refractivity contribution in [3.63, 3.8) is 0 Å². The van der Waals surface area contributed by atoms with E-state index in [1.165, 1.54) is 4.90 Å². The molecule has 0 unspecified atom stereocenters. The molecule has 0 radical (unpaired) electrons. The van der Waals surface area contributed by atoms with Gasteiger partial charge in [0.25, 0.3) is 0 Å². The lowest BCUT2D eigenvalue weighted by molar-refractivity contribution is 0.422. The van der Waals surface area contributed by atoms with E-state index in [0.29, 0.717) is 12.5 Å². The smallest absolute Gasteiger partial charge is 0.123 e. The quantitative estimate of drug-likeness (QED) is 0.792. The molecule has 0 bridgehead atoms. The fourth-order valence-corrected chi connectivity index (χ4v) is 2.44. The van der Waals surface area contributed by atoms with Crippen LogP contribution in [0.1, 0.15) is 40.2 Å². The molecule has 0 atom stereocenters. The van der Waals surface area contributed by atoms with E-state index in [9.17, 15) is 4.39 Å². The van der Waals surface area contributed by atoms with Crippen LogP contribution in [0.4, 0.5) is 4.39 Å². The highest BCUT2D eigenvalue weighted by molar-refractivity contribution is 7.99. The zero-order valence-corrected chi connectivity index (χ0v) is 12.8. The summed E-state index contributed by atoms with van der Waals surface area (Å²) < 4.78 is 13.3. The number of thioether (sulfide) groups is 1. The normalized spacial score (nSPS) is 12.2. The zero-order valence-electron chi connectivity index (χ0n) is 12.0. The number of hydrogen-bond donors (Lipinski definition) is 1. The van der Waals surface area contributed by atoms with Gasteiger partial charge in [0.15, 0.2) is 0 Å². The van der Waals surface area contributed by atoms with Crippen LogP contribution >= 0.6 is 11.8 Å². The Kier molecular flexibility index (Phi) is 5.67. The van der Waals surface area contributed by atoms with Crippen LogP contribution in [0.2, 0.25) is 0 Å². The van der Waals surface area contributed by atoms with Gasteiger partial charge in [-0.05, 0) is 50.5 Å². The molecule has 0 heterocycles. The SMILES string of the molecule is CC(C)CSc1ccc(F)cc1CNC(C)(C)C. The lowest BCUT2D eigenvalue weighted by atomic mass is 10.1. The summed E-state index contributed by atoms with van der Waals surface area (Å²) in [4.78, 5) is 1.18. The van der Waals surface area contributed by atoms with Crippen molar-refractivity contribution in [2.45, 2.75) is 51.6 Å². The molecule has 1 aromatic rings. The van der Waals surface area contributed by atoms with E-state index < -0.39 is 0 Å². The van der Waals surface area contributed by atoms with Gasteiger partial charge < -0.3 is 5.32 Å². The largest absolute Gasteiger partial charge is 0.308 e. The van der Waals surface area contributed by atoms with E-state index in [4.69, 9.17) is 0 Å². The predicted molar refractivity (Wildman–Crippen MR) is 78.6 cm³/mol. The highest BCUT2D eigenvalue weighted by Gasteiger charge is 2.11. The van der Waals surface area contributed by atoms with Crippen LogP contribution < -0.4 is 5.32 Å². The molecule has 0 saturated carbocycles. The summed E-state index contributed by atoms with van der Waals surface area (Å²) in [6.45, 7) is 11.5. The molecule has 1 nitrogen and oxygen atoms in total. The Morgan fingerprint density at radius 3 is 2.50 bits per heavy atom. The number of rotatable bonds is 5. The van der Waals surface area contributed by atoms with Crippen LogP contribution in [0.3, 0.4) is 0 Å². The summed E-state index contributed by atoms with van der Waals surface area (Å²) in [5.74, 6) is 1.55. The second-order valence-corrected chi connectivity index (χ2v) is 7.12. The monoisotopic (exact) mass is 269 g/mol. The summed E-state index contributed by atoms with van der Waals surface area (Å²) in [6.07, 6.45) is 0. The number of hydrogen-bond acceptors (Lipinski definition) is 2. The zero-order chi connectivity index (χ0) is 13.8. The molecule has 3 heteroatoms. The molecule has 102 valence electrons. The maximum atomic E-state index is 13.3. The van der Waals surface area contributed by atoms with Crippen LogP contribution in [0, 0.1) is 11.7 Å². The van der Waals surface area contributed by atoms with Crippen molar-refractivity contribution < 1.29 is 4.39 Å². The van der Waals surface area contributed by atoms with Gasteiger partial charge >= 0.3 is 0 Å². The number of benzene rings is 1. The van der Waals surface area contributed by atoms with Crippen molar-refractivity contribution in [1.29, 1.82) is 0 Å². The van der Waals surface area contributed by atoms with E-state index in [1.54, 1.807) is 12.1 Å². The van der Waals surface area contributed by atoms with Crippen molar-refractivity contribution in [2.24, 2.45) is 5.92 Å². The molecular formula is C15H24FNS. The van der Waals surface area contributed by atoms with Crippen LogP contribution in [0.5, 0.6) is 0 Å². The van der Waals surface area contributed by atoms with Crippen LogP contribution in [-0.2, 0) is 6.54 Å². The first kappa shape index (κ1) is 15.5. The Balaban J connectivity index is 2.76. The maximum Gasteiger partial charge on any atom is 0.123 e. The summed E-state index contributed by atoms with van der Waals surface area (Å²) in [7, 11) is 0. The van der Waals surface area contributed by atoms with Gasteiger partial charge in [-0.2, -0.15) is 0 Å². The van der Waals surface area contributed by atoms with E-state index >= 15 is 0 Å². The third-order valence-corrected chi connectivity index (χ3v) is 3.95. The van der Waals surface area contributed by atoms with Crippen LogP contribution in [0.25, 0.3) is 0 Å². The van der Waals surface area contributed by atoms with Gasteiger partial charge in [0, 0.05) is 22.7 Å². The Morgan fingerprint density at radius 2 is 1.94 bits per heavy atom. The summed E-state index contributed by atoms with van der Waals surface area (Å²) in [5, 5.41) is 3.41. The molecule has 0 fully saturated rings. The van der Waals surface area contributed by atoms with Crippen molar-refractivity contribution in [1.82, 2.24) is 5.32 Å². The molecule has 0 aliphatic carbocycles. The number of nitrogens with one attached hydrogen (secondary N) is 1. The first-order valence-electron chi connectivity index (χ1n) is 6.44. The fraction of sp³-hybridized carbons (Fsp3) is 0.600. The molecular weight excluding hydrogens is 245 g/mol. The minimum atomic E-state index is -0.158. The van der Waals surface area contributed by atoms with Gasteiger partial charge in [0.2, 0.25) is 0 Å². The lowest BCUT2D eigenvalue weighted by Gasteiger charge is -2.21. The molecule has 1 aromatic carbocycles. The first-order chi connectivity index (χ1) is 8.28. The summed E-state index contributed by atoms with van der Waals surface area (Å²) >= 11 is 1.81. The van der Waals surface area contributed by atoms with Gasteiger partial charge in [0.1, 0.15) is 5.82 Å². The van der Waals surface area contributed by atoms with Crippen LogP contribution in [0.15, 0.2) is 23.1 Å². The Labute approximate surface area is 115 Å². The van der Waals surface area contributed by atoms with E-state index in [1.807, 2.05) is 17.8 Å². The summed E-state index contributed by atoms with van der Waals surface area (Å²) in [5.41, 5.74) is 1.10. The molecule has 1 N–H and O–H groups in total. The molecule has 0 spiro atoms. The van der Waals surface area contributed by atoms with Gasteiger partial charge in [0.05, 0.1) is 0 Å². The van der Waals surface area contributed by atoms with Gasteiger partial charge in [-0.25, -0.2) is 4.39 Å². The van der Waals surface area contributed by atoms with Gasteiger partial charge in [-0.1, -0.05) is 13.8 Å². The molecule has 0 aliphatic rings. The topological polar surface area (TPSA) is 12.0 Å². The lowest BCUT2D eigenvalue weighted by Crippen LogP contribution is -2.35. The van der Waals surface area contributed by atoms with Gasteiger partial charge in [-0.15, -0.1) is 11.8 Å². The van der Waals surface area contributed by atoms with Crippen molar-refractivity contribution in [3.8, 4) is 0 Å². The highest BCUT2D eigenvalue weighted by Crippen LogP contribution is 2.26. The van der Waals surface area contributed by atoms with Crippen molar-refractivity contribution in [2.75, 3.05) is 5.75 Å². The minimum Gasteiger partial charge on any atom is -0.308 e. The second kappa shape index (κ2) is 6.58. The second-order valence-electron chi connectivity index (χ2n) is 6.06. The molecule has 18 heavy (non-hydrogen) atoms. The van der Waals surface area contributed by atoms with E-state index in [-0.39, 0.29) is 11.4 Å². The minimum absolute atomic E-state index is 0.0479. The van der Waals surface area contributed by atoms with E-state index in [0.717, 1.165) is 11.3 Å². The third kappa shape index (κ3) is 5.87. The Hall–Kier alpha value is -0.540. The van der Waals surface area contributed by atoms with Crippen molar-refractivity contribution >= 4 is 11.8 Å². The van der Waals surface area contributed by atoms with Crippen molar-refractivity contribution in [3.05, 3.63) is 29.6 Å². The maximum absolute atomic E-state index is 13.3. The third-order valence-electron chi connectivity index (χ3n) is 2.40. The Bertz CT molecular complexity index is 383. The molecule has 0 amide bonds. The molecule has 0 aromatic heterocycles.